The Bertz CT molecular complexity index is 1300. The Hall–Kier alpha value is -3.73. The van der Waals surface area contributed by atoms with Crippen LogP contribution >= 0.6 is 0 Å². The number of benzene rings is 3. The predicted molar refractivity (Wildman–Crippen MR) is 117 cm³/mol. The number of hydrogen-bond acceptors (Lipinski definition) is 3. The summed E-state index contributed by atoms with van der Waals surface area (Å²) in [5, 5.41) is 9.52. The molecule has 0 aliphatic carbocycles. The monoisotopic (exact) mass is 395 g/mol. The molecule has 0 bridgehead atoms. The van der Waals surface area contributed by atoms with Crippen LogP contribution in [0.15, 0.2) is 66.7 Å². The molecule has 1 atom stereocenters. The molecule has 0 radical (unpaired) electrons. The second-order valence-corrected chi connectivity index (χ2v) is 7.79. The number of anilines is 1. The summed E-state index contributed by atoms with van der Waals surface area (Å²) in [4.78, 5) is 26.2. The van der Waals surface area contributed by atoms with E-state index in [1.165, 1.54) is 0 Å². The number of carbonyl (C=O) groups excluding carboxylic acids is 2. The first-order valence-corrected chi connectivity index (χ1v) is 10.0. The minimum absolute atomic E-state index is 0.0468. The summed E-state index contributed by atoms with van der Waals surface area (Å²) in [7, 11) is 0. The lowest BCUT2D eigenvalue weighted by atomic mass is 9.84. The molecule has 5 rings (SSSR count). The third kappa shape index (κ3) is 2.90. The van der Waals surface area contributed by atoms with Crippen LogP contribution in [0.25, 0.3) is 16.5 Å². The van der Waals surface area contributed by atoms with Gasteiger partial charge in [0.25, 0.3) is 0 Å². The van der Waals surface area contributed by atoms with E-state index in [2.05, 4.69) is 10.4 Å². The topological polar surface area (TPSA) is 64.0 Å². The second-order valence-electron chi connectivity index (χ2n) is 7.79. The summed E-state index contributed by atoms with van der Waals surface area (Å²) in [6.45, 7) is 3.92. The first-order valence-electron chi connectivity index (χ1n) is 10.0. The van der Waals surface area contributed by atoms with Gasteiger partial charge in [-0.1, -0.05) is 60.2 Å². The fraction of sp³-hybridized carbons (Fsp3) is 0.160. The zero-order valence-corrected chi connectivity index (χ0v) is 16.8. The molecule has 3 aromatic carbocycles. The number of aryl methyl sites for hydroxylation is 2. The van der Waals surface area contributed by atoms with E-state index in [0.717, 1.165) is 33.3 Å². The summed E-state index contributed by atoms with van der Waals surface area (Å²) in [6.07, 6.45) is 0.121. The first-order chi connectivity index (χ1) is 14.5. The summed E-state index contributed by atoms with van der Waals surface area (Å²) in [5.74, 6) is -0.186. The van der Waals surface area contributed by atoms with Crippen molar-refractivity contribution in [2.45, 2.75) is 26.2 Å². The Morgan fingerprint density at radius 3 is 2.53 bits per heavy atom. The van der Waals surface area contributed by atoms with E-state index in [0.29, 0.717) is 11.4 Å². The summed E-state index contributed by atoms with van der Waals surface area (Å²) in [5.41, 5.74) is 4.19. The molecule has 30 heavy (non-hydrogen) atoms. The number of aromatic nitrogens is 2. The van der Waals surface area contributed by atoms with Crippen LogP contribution in [0.3, 0.4) is 0 Å². The number of hydrogen-bond donors (Lipinski definition) is 1. The van der Waals surface area contributed by atoms with Crippen LogP contribution in [0.5, 0.6) is 0 Å². The lowest BCUT2D eigenvalue weighted by molar-refractivity contribution is -0.116. The van der Waals surface area contributed by atoms with Crippen LogP contribution in [0.4, 0.5) is 5.82 Å². The normalized spacial score (nSPS) is 15.7. The number of fused-ring (bicyclic) bond motifs is 2. The summed E-state index contributed by atoms with van der Waals surface area (Å²) in [6, 6.07) is 21.5. The Morgan fingerprint density at radius 2 is 1.73 bits per heavy atom. The molecular weight excluding hydrogens is 374 g/mol. The third-order valence-electron chi connectivity index (χ3n) is 5.75. The lowest BCUT2D eigenvalue weighted by Gasteiger charge is -2.23. The number of ketones is 1. The highest BCUT2D eigenvalue weighted by molar-refractivity contribution is 6.14. The standard InChI is InChI=1S/C25H21N3O2/c1-15-10-12-18(13-11-15)28-25-23(16(2)27-28)21(14-22(29)26-25)24(30)20-9-5-7-17-6-3-4-8-19(17)20/h3-13,21H,14H2,1-2H3,(H,26,29). The highest BCUT2D eigenvalue weighted by atomic mass is 16.2. The average molecular weight is 395 g/mol. The fourth-order valence-corrected chi connectivity index (χ4v) is 4.27. The van der Waals surface area contributed by atoms with Gasteiger partial charge in [0.05, 0.1) is 17.3 Å². The highest BCUT2D eigenvalue weighted by Gasteiger charge is 2.36. The minimum Gasteiger partial charge on any atom is -0.310 e. The number of amides is 1. The quantitative estimate of drug-likeness (QED) is 0.499. The molecule has 0 fully saturated rings. The van der Waals surface area contributed by atoms with Crippen molar-refractivity contribution >= 4 is 28.3 Å². The van der Waals surface area contributed by atoms with Gasteiger partial charge in [-0.05, 0) is 36.8 Å². The van der Waals surface area contributed by atoms with Crippen LogP contribution in [0.1, 0.15) is 39.5 Å². The van der Waals surface area contributed by atoms with E-state index >= 15 is 0 Å². The summed E-state index contributed by atoms with van der Waals surface area (Å²) < 4.78 is 1.73. The molecule has 4 aromatic rings. The molecule has 1 aliphatic heterocycles. The van der Waals surface area contributed by atoms with E-state index in [4.69, 9.17) is 0 Å². The molecule has 0 saturated carbocycles. The van der Waals surface area contributed by atoms with Gasteiger partial charge in [0, 0.05) is 17.5 Å². The number of rotatable bonds is 3. The molecule has 5 nitrogen and oxygen atoms in total. The molecule has 148 valence electrons. The molecule has 1 unspecified atom stereocenters. The molecule has 0 spiro atoms. The van der Waals surface area contributed by atoms with Crippen molar-refractivity contribution in [1.29, 1.82) is 0 Å². The maximum atomic E-state index is 13.6. The summed E-state index contributed by atoms with van der Waals surface area (Å²) >= 11 is 0. The van der Waals surface area contributed by atoms with Gasteiger partial charge in [0.1, 0.15) is 5.82 Å². The lowest BCUT2D eigenvalue weighted by Crippen LogP contribution is -2.28. The van der Waals surface area contributed by atoms with Crippen molar-refractivity contribution in [3.63, 3.8) is 0 Å². The molecule has 2 heterocycles. The molecule has 1 N–H and O–H groups in total. The van der Waals surface area contributed by atoms with Crippen molar-refractivity contribution in [1.82, 2.24) is 9.78 Å². The SMILES string of the molecule is Cc1ccc(-n2nc(C)c3c2NC(=O)CC3C(=O)c2cccc3ccccc23)cc1. The van der Waals surface area contributed by atoms with Crippen molar-refractivity contribution in [3.8, 4) is 5.69 Å². The minimum atomic E-state index is -0.557. The maximum Gasteiger partial charge on any atom is 0.226 e. The van der Waals surface area contributed by atoms with Gasteiger partial charge < -0.3 is 5.32 Å². The van der Waals surface area contributed by atoms with E-state index in [9.17, 15) is 9.59 Å². The van der Waals surface area contributed by atoms with Gasteiger partial charge in [-0.3, -0.25) is 9.59 Å². The van der Waals surface area contributed by atoms with Gasteiger partial charge >= 0.3 is 0 Å². The Balaban J connectivity index is 1.64. The number of nitrogens with one attached hydrogen (secondary N) is 1. The van der Waals surface area contributed by atoms with Crippen molar-refractivity contribution in [2.75, 3.05) is 5.32 Å². The van der Waals surface area contributed by atoms with Crippen LogP contribution < -0.4 is 5.32 Å². The zero-order valence-electron chi connectivity index (χ0n) is 16.8. The average Bonchev–Trinajstić information content (AvgIpc) is 3.09. The second kappa shape index (κ2) is 6.95. The Morgan fingerprint density at radius 1 is 1.00 bits per heavy atom. The van der Waals surface area contributed by atoms with Gasteiger partial charge in [0.2, 0.25) is 5.91 Å². The predicted octanol–water partition coefficient (Wildman–Crippen LogP) is 4.95. The molecule has 1 aromatic heterocycles. The van der Waals surface area contributed by atoms with E-state index in [-0.39, 0.29) is 18.1 Å². The number of nitrogens with zero attached hydrogens (tertiary/aromatic N) is 2. The van der Waals surface area contributed by atoms with Crippen LogP contribution in [-0.4, -0.2) is 21.5 Å². The van der Waals surface area contributed by atoms with Crippen molar-refractivity contribution in [2.24, 2.45) is 0 Å². The molecular formula is C25H21N3O2. The van der Waals surface area contributed by atoms with Gasteiger partial charge in [-0.15, -0.1) is 0 Å². The molecule has 0 saturated heterocycles. The van der Waals surface area contributed by atoms with E-state index in [1.807, 2.05) is 80.6 Å². The molecule has 1 amide bonds. The van der Waals surface area contributed by atoms with Crippen LogP contribution in [0, 0.1) is 13.8 Å². The zero-order chi connectivity index (χ0) is 20.8. The van der Waals surface area contributed by atoms with Gasteiger partial charge in [-0.25, -0.2) is 4.68 Å². The van der Waals surface area contributed by atoms with Crippen LogP contribution in [0.2, 0.25) is 0 Å². The molecule has 1 aliphatic rings. The first kappa shape index (κ1) is 18.3. The molecule has 5 heteroatoms. The van der Waals surface area contributed by atoms with Crippen LogP contribution in [-0.2, 0) is 4.79 Å². The van der Waals surface area contributed by atoms with E-state index < -0.39 is 5.92 Å². The third-order valence-corrected chi connectivity index (χ3v) is 5.75. The number of carbonyl (C=O) groups is 2. The Labute approximate surface area is 174 Å². The highest BCUT2D eigenvalue weighted by Crippen LogP contribution is 2.39. The maximum absolute atomic E-state index is 13.6. The van der Waals surface area contributed by atoms with E-state index in [1.54, 1.807) is 4.68 Å². The smallest absolute Gasteiger partial charge is 0.226 e. The Kier molecular flexibility index (Phi) is 4.24. The number of Topliss-reactive ketones (excluding diaryl/α,β-unsaturated/α-hetero) is 1. The van der Waals surface area contributed by atoms with Gasteiger partial charge in [0.15, 0.2) is 5.78 Å². The van der Waals surface area contributed by atoms with Gasteiger partial charge in [-0.2, -0.15) is 5.10 Å². The largest absolute Gasteiger partial charge is 0.310 e. The van der Waals surface area contributed by atoms with Crippen molar-refractivity contribution in [3.05, 3.63) is 89.1 Å². The fourth-order valence-electron chi connectivity index (χ4n) is 4.27. The van der Waals surface area contributed by atoms with Crippen molar-refractivity contribution < 1.29 is 9.59 Å².